The number of benzene rings is 4. The van der Waals surface area contributed by atoms with E-state index in [2.05, 4.69) is 15.8 Å². The number of aryl methyl sites for hydroxylation is 1. The van der Waals surface area contributed by atoms with Gasteiger partial charge in [0, 0.05) is 23.2 Å². The molecule has 12 heteroatoms. The Balaban J connectivity index is 0.860. The van der Waals surface area contributed by atoms with Gasteiger partial charge in [0.25, 0.3) is 5.91 Å². The summed E-state index contributed by atoms with van der Waals surface area (Å²) in [5.41, 5.74) is 7.98. The number of nitrogens with one attached hydrogen (secondary N) is 2. The standard InChI is InChI=1S/C45H55N3O9/c1-29-11-14-38-36(19-29)45(53)47-44(46-38)31-13-15-40(35(20-31)27-51)55-17-9-7-5-3-4-6-8-10-18-56-43-23-30(12-16-41(43)54-2)42-24-39(48-57-42)32-21-33(25-49)37(28-52)34(22-32)26-50/h11-16,19-23,42,44,46,49-52H,3-10,17-18,24-28H2,1-2H3,(H,47,53). The van der Waals surface area contributed by atoms with Gasteiger partial charge >= 0.3 is 0 Å². The molecular weight excluding hydrogens is 727 g/mol. The molecule has 0 aliphatic carbocycles. The van der Waals surface area contributed by atoms with Gasteiger partial charge in [-0.3, -0.25) is 4.79 Å². The molecule has 2 aliphatic heterocycles. The summed E-state index contributed by atoms with van der Waals surface area (Å²) in [6.45, 7) is 2.19. The first-order valence-corrected chi connectivity index (χ1v) is 19.9. The van der Waals surface area contributed by atoms with Crippen molar-refractivity contribution in [1.29, 1.82) is 0 Å². The Morgan fingerprint density at radius 3 is 1.96 bits per heavy atom. The van der Waals surface area contributed by atoms with Gasteiger partial charge in [-0.1, -0.05) is 67.4 Å². The topological polar surface area (TPSA) is 171 Å². The van der Waals surface area contributed by atoms with Crippen LogP contribution in [0.4, 0.5) is 5.69 Å². The maximum Gasteiger partial charge on any atom is 0.255 e. The molecule has 1 amide bonds. The van der Waals surface area contributed by atoms with Gasteiger partial charge in [0.2, 0.25) is 0 Å². The molecule has 4 aromatic rings. The highest BCUT2D eigenvalue weighted by atomic mass is 16.6. The Bertz CT molecular complexity index is 1990. The van der Waals surface area contributed by atoms with E-state index in [1.165, 1.54) is 0 Å². The minimum absolute atomic E-state index is 0.123. The van der Waals surface area contributed by atoms with Crippen molar-refractivity contribution in [2.45, 2.75) is 103 Å². The van der Waals surface area contributed by atoms with Gasteiger partial charge in [0.05, 0.1) is 58.0 Å². The summed E-state index contributed by atoms with van der Waals surface area (Å²) in [6.07, 6.45) is 8.40. The van der Waals surface area contributed by atoms with Gasteiger partial charge < -0.3 is 50.1 Å². The number of methoxy groups -OCH3 is 1. The highest BCUT2D eigenvalue weighted by molar-refractivity contribution is 6.02. The van der Waals surface area contributed by atoms with Crippen LogP contribution in [0, 0.1) is 6.92 Å². The van der Waals surface area contributed by atoms with E-state index in [1.807, 2.05) is 61.5 Å². The molecule has 2 heterocycles. The first-order chi connectivity index (χ1) is 27.8. The largest absolute Gasteiger partial charge is 0.493 e. The van der Waals surface area contributed by atoms with Crippen molar-refractivity contribution in [2.75, 3.05) is 25.6 Å². The lowest BCUT2D eigenvalue weighted by Gasteiger charge is -2.29. The number of hydrogen-bond acceptors (Lipinski definition) is 11. The molecule has 12 nitrogen and oxygen atoms in total. The van der Waals surface area contributed by atoms with Crippen LogP contribution in [0.1, 0.15) is 125 Å². The Labute approximate surface area is 334 Å². The molecule has 0 bridgehead atoms. The number of ether oxygens (including phenoxy) is 3. The van der Waals surface area contributed by atoms with E-state index in [1.54, 1.807) is 19.2 Å². The number of aliphatic hydroxyl groups is 4. The Morgan fingerprint density at radius 2 is 1.32 bits per heavy atom. The van der Waals surface area contributed by atoms with Crippen molar-refractivity contribution in [3.8, 4) is 17.2 Å². The molecule has 0 radical (unpaired) electrons. The summed E-state index contributed by atoms with van der Waals surface area (Å²) in [6, 6.07) is 20.8. The van der Waals surface area contributed by atoms with E-state index < -0.39 is 0 Å². The number of fused-ring (bicyclic) bond motifs is 1. The van der Waals surface area contributed by atoms with Crippen molar-refractivity contribution in [3.63, 3.8) is 0 Å². The molecule has 2 unspecified atom stereocenters. The Kier molecular flexibility index (Phi) is 14.8. The molecule has 6 rings (SSSR count). The van der Waals surface area contributed by atoms with Crippen LogP contribution in [0.2, 0.25) is 0 Å². The lowest BCUT2D eigenvalue weighted by Crippen LogP contribution is -2.38. The van der Waals surface area contributed by atoms with Crippen molar-refractivity contribution in [3.05, 3.63) is 117 Å². The SMILES string of the molecule is COc1ccc(C2CC(c3cc(CO)c(CO)c(CO)c3)=NO2)cc1OCCCCCCCCCCOc1ccc(C2NC(=O)c3cc(C)ccc3N2)cc1CO. The number of carbonyl (C=O) groups is 1. The molecular formula is C45H55N3O9. The summed E-state index contributed by atoms with van der Waals surface area (Å²) in [7, 11) is 1.62. The Hall–Kier alpha value is -5.14. The fourth-order valence-electron chi connectivity index (χ4n) is 7.39. The number of carbonyl (C=O) groups excluding carboxylic acids is 1. The third-order valence-electron chi connectivity index (χ3n) is 10.6. The zero-order valence-electron chi connectivity index (χ0n) is 32.9. The van der Waals surface area contributed by atoms with Gasteiger partial charge in [-0.05, 0) is 96.1 Å². The van der Waals surface area contributed by atoms with Gasteiger partial charge in [-0.2, -0.15) is 0 Å². The molecule has 0 saturated heterocycles. The van der Waals surface area contributed by atoms with Crippen molar-refractivity contribution in [1.82, 2.24) is 5.32 Å². The maximum atomic E-state index is 12.7. The van der Waals surface area contributed by atoms with Crippen LogP contribution in [0.15, 0.2) is 71.9 Å². The van der Waals surface area contributed by atoms with Crippen LogP contribution in [0.5, 0.6) is 17.2 Å². The smallest absolute Gasteiger partial charge is 0.255 e. The van der Waals surface area contributed by atoms with E-state index in [0.29, 0.717) is 70.4 Å². The van der Waals surface area contributed by atoms with E-state index >= 15 is 0 Å². The molecule has 0 fully saturated rings. The molecule has 2 aliphatic rings. The van der Waals surface area contributed by atoms with E-state index in [9.17, 15) is 25.2 Å². The zero-order chi connectivity index (χ0) is 40.1. The summed E-state index contributed by atoms with van der Waals surface area (Å²) in [5.74, 6) is 1.85. The summed E-state index contributed by atoms with van der Waals surface area (Å²) in [4.78, 5) is 18.5. The Morgan fingerprint density at radius 1 is 0.684 bits per heavy atom. The highest BCUT2D eigenvalue weighted by Crippen LogP contribution is 2.37. The normalized spacial score (nSPS) is 16.0. The molecule has 6 N–H and O–H groups in total. The minimum Gasteiger partial charge on any atom is -0.493 e. The number of hydrogen-bond donors (Lipinski definition) is 6. The molecule has 0 saturated carbocycles. The monoisotopic (exact) mass is 781 g/mol. The minimum atomic E-state index is -0.389. The number of aliphatic hydroxyl groups excluding tert-OH is 4. The molecule has 304 valence electrons. The number of anilines is 1. The van der Waals surface area contributed by atoms with Crippen molar-refractivity contribution < 1.29 is 44.3 Å². The van der Waals surface area contributed by atoms with Gasteiger partial charge in [0.15, 0.2) is 17.6 Å². The van der Waals surface area contributed by atoms with Crippen LogP contribution in [0.25, 0.3) is 0 Å². The number of oxime groups is 1. The van der Waals surface area contributed by atoms with Crippen molar-refractivity contribution in [2.24, 2.45) is 5.16 Å². The lowest BCUT2D eigenvalue weighted by molar-refractivity contribution is 0.0854. The predicted octanol–water partition coefficient (Wildman–Crippen LogP) is 7.27. The summed E-state index contributed by atoms with van der Waals surface area (Å²) < 4.78 is 17.8. The third-order valence-corrected chi connectivity index (χ3v) is 10.6. The van der Waals surface area contributed by atoms with E-state index in [-0.39, 0.29) is 44.6 Å². The van der Waals surface area contributed by atoms with Gasteiger partial charge in [-0.25, -0.2) is 0 Å². The van der Waals surface area contributed by atoms with E-state index in [4.69, 9.17) is 19.0 Å². The predicted molar refractivity (Wildman–Crippen MR) is 217 cm³/mol. The molecule has 0 aromatic heterocycles. The van der Waals surface area contributed by atoms with Crippen LogP contribution < -0.4 is 24.8 Å². The fourth-order valence-corrected chi connectivity index (χ4v) is 7.39. The molecule has 2 atom stereocenters. The van der Waals surface area contributed by atoms with Gasteiger partial charge in [0.1, 0.15) is 11.9 Å². The molecule has 57 heavy (non-hydrogen) atoms. The molecule has 0 spiro atoms. The summed E-state index contributed by atoms with van der Waals surface area (Å²) >= 11 is 0. The second kappa shape index (κ2) is 20.3. The fraction of sp³-hybridized carbons (Fsp3) is 0.422. The van der Waals surface area contributed by atoms with Crippen molar-refractivity contribution >= 4 is 17.3 Å². The average Bonchev–Trinajstić information content (AvgIpc) is 3.74. The zero-order valence-corrected chi connectivity index (χ0v) is 32.9. The van der Waals surface area contributed by atoms with Crippen LogP contribution >= 0.6 is 0 Å². The third kappa shape index (κ3) is 10.4. The number of unbranched alkanes of at least 4 members (excludes halogenated alkanes) is 7. The molecule has 4 aromatic carbocycles. The number of amides is 1. The van der Waals surface area contributed by atoms with Crippen LogP contribution in [-0.4, -0.2) is 52.4 Å². The lowest BCUT2D eigenvalue weighted by atomic mass is 9.94. The van der Waals surface area contributed by atoms with Crippen LogP contribution in [-0.2, 0) is 31.3 Å². The van der Waals surface area contributed by atoms with Gasteiger partial charge in [-0.15, -0.1) is 0 Å². The second-order valence-electron chi connectivity index (χ2n) is 14.6. The summed E-state index contributed by atoms with van der Waals surface area (Å²) in [5, 5.41) is 50.1. The first kappa shape index (κ1) is 41.5. The highest BCUT2D eigenvalue weighted by Gasteiger charge is 2.27. The maximum absolute atomic E-state index is 12.7. The quantitative estimate of drug-likeness (QED) is 0.0473. The first-order valence-electron chi connectivity index (χ1n) is 19.9. The average molecular weight is 782 g/mol. The van der Waals surface area contributed by atoms with Crippen LogP contribution in [0.3, 0.4) is 0 Å². The number of rotatable bonds is 21. The van der Waals surface area contributed by atoms with E-state index in [0.717, 1.165) is 79.3 Å². The second-order valence-corrected chi connectivity index (χ2v) is 14.6. The number of nitrogens with zero attached hydrogens (tertiary/aromatic N) is 1.